The topological polar surface area (TPSA) is 55.4 Å². The van der Waals surface area contributed by atoms with Crippen molar-refractivity contribution in [2.75, 3.05) is 6.61 Å². The molecule has 0 fully saturated rings. The molecular formula is C21H22ClNO3. The Balaban J connectivity index is 1.82. The largest absolute Gasteiger partial charge is 0.452 e. The van der Waals surface area contributed by atoms with Crippen LogP contribution in [0.5, 0.6) is 0 Å². The maximum Gasteiger partial charge on any atom is 0.331 e. The number of carbonyl (C=O) groups is 2. The maximum absolute atomic E-state index is 12.0. The summed E-state index contributed by atoms with van der Waals surface area (Å²) in [5.74, 6) is -0.931. The fourth-order valence-corrected chi connectivity index (χ4v) is 2.56. The lowest BCUT2D eigenvalue weighted by molar-refractivity contribution is -0.144. The van der Waals surface area contributed by atoms with Gasteiger partial charge in [-0.25, -0.2) is 4.79 Å². The molecule has 0 aliphatic carbocycles. The van der Waals surface area contributed by atoms with Crippen LogP contribution in [0.4, 0.5) is 0 Å². The fourth-order valence-electron chi connectivity index (χ4n) is 2.36. The van der Waals surface area contributed by atoms with E-state index in [9.17, 15) is 9.59 Å². The number of hydrogen-bond donors (Lipinski definition) is 1. The summed E-state index contributed by atoms with van der Waals surface area (Å²) in [6.07, 6.45) is 2.86. The Morgan fingerprint density at radius 1 is 1.15 bits per heavy atom. The molecule has 136 valence electrons. The number of carbonyl (C=O) groups excluding carboxylic acids is 2. The summed E-state index contributed by atoms with van der Waals surface area (Å²) in [5.41, 5.74) is 4.16. The van der Waals surface area contributed by atoms with Gasteiger partial charge in [-0.15, -0.1) is 0 Å². The Bertz CT molecular complexity index is 830. The van der Waals surface area contributed by atoms with E-state index in [0.717, 1.165) is 11.1 Å². The summed E-state index contributed by atoms with van der Waals surface area (Å²) < 4.78 is 4.96. The third-order valence-electron chi connectivity index (χ3n) is 4.01. The molecule has 2 rings (SSSR count). The number of aryl methyl sites for hydroxylation is 2. The van der Waals surface area contributed by atoms with Gasteiger partial charge in [-0.05, 0) is 61.2 Å². The van der Waals surface area contributed by atoms with Crippen molar-refractivity contribution in [1.82, 2.24) is 5.32 Å². The van der Waals surface area contributed by atoms with Crippen molar-refractivity contribution in [3.8, 4) is 0 Å². The highest BCUT2D eigenvalue weighted by atomic mass is 35.5. The zero-order valence-corrected chi connectivity index (χ0v) is 15.8. The molecule has 0 radical (unpaired) electrons. The molecule has 0 saturated carbocycles. The van der Waals surface area contributed by atoms with Crippen LogP contribution in [0.3, 0.4) is 0 Å². The van der Waals surface area contributed by atoms with Crippen LogP contribution in [-0.4, -0.2) is 18.5 Å². The van der Waals surface area contributed by atoms with Crippen molar-refractivity contribution in [3.63, 3.8) is 0 Å². The minimum Gasteiger partial charge on any atom is -0.452 e. The predicted molar refractivity (Wildman–Crippen MR) is 104 cm³/mol. The van der Waals surface area contributed by atoms with E-state index in [1.165, 1.54) is 17.2 Å². The molecule has 1 atom stereocenters. The molecule has 0 unspecified atom stereocenters. The average Bonchev–Trinajstić information content (AvgIpc) is 2.60. The maximum atomic E-state index is 12.0. The third kappa shape index (κ3) is 6.05. The number of nitrogens with one attached hydrogen (secondary N) is 1. The summed E-state index contributed by atoms with van der Waals surface area (Å²) in [7, 11) is 0. The van der Waals surface area contributed by atoms with E-state index in [4.69, 9.17) is 16.3 Å². The molecule has 26 heavy (non-hydrogen) atoms. The second-order valence-corrected chi connectivity index (χ2v) is 6.57. The van der Waals surface area contributed by atoms with Gasteiger partial charge in [0.15, 0.2) is 6.61 Å². The predicted octanol–water partition coefficient (Wildman–Crippen LogP) is 4.39. The Kier molecular flexibility index (Phi) is 6.98. The molecule has 0 heterocycles. The van der Waals surface area contributed by atoms with E-state index >= 15 is 0 Å². The van der Waals surface area contributed by atoms with Crippen LogP contribution >= 0.6 is 11.6 Å². The Labute approximate surface area is 158 Å². The van der Waals surface area contributed by atoms with E-state index in [0.29, 0.717) is 5.02 Å². The van der Waals surface area contributed by atoms with Crippen molar-refractivity contribution in [3.05, 3.63) is 75.8 Å². The molecule has 1 amide bonds. The molecule has 5 heteroatoms. The Hall–Kier alpha value is -2.59. The minimum atomic E-state index is -0.584. The summed E-state index contributed by atoms with van der Waals surface area (Å²) >= 11 is 5.88. The van der Waals surface area contributed by atoms with Gasteiger partial charge < -0.3 is 10.1 Å². The van der Waals surface area contributed by atoms with Crippen LogP contribution in [0.15, 0.2) is 48.5 Å². The zero-order chi connectivity index (χ0) is 19.1. The molecule has 0 aromatic heterocycles. The normalized spacial score (nSPS) is 12.0. The van der Waals surface area contributed by atoms with E-state index in [1.54, 1.807) is 24.3 Å². The van der Waals surface area contributed by atoms with Crippen LogP contribution in [0, 0.1) is 13.8 Å². The lowest BCUT2D eigenvalue weighted by Gasteiger charge is -2.15. The van der Waals surface area contributed by atoms with E-state index in [2.05, 4.69) is 5.32 Å². The number of esters is 1. The van der Waals surface area contributed by atoms with Crippen LogP contribution in [0.1, 0.15) is 35.2 Å². The highest BCUT2D eigenvalue weighted by molar-refractivity contribution is 6.30. The first-order valence-corrected chi connectivity index (χ1v) is 8.70. The first-order valence-electron chi connectivity index (χ1n) is 8.32. The molecule has 0 bridgehead atoms. The van der Waals surface area contributed by atoms with Gasteiger partial charge >= 0.3 is 5.97 Å². The van der Waals surface area contributed by atoms with E-state index < -0.39 is 5.97 Å². The number of hydrogen-bond acceptors (Lipinski definition) is 3. The monoisotopic (exact) mass is 371 g/mol. The minimum absolute atomic E-state index is 0.164. The molecule has 0 aliphatic heterocycles. The van der Waals surface area contributed by atoms with Crippen molar-refractivity contribution >= 4 is 29.6 Å². The molecule has 4 nitrogen and oxygen atoms in total. The van der Waals surface area contributed by atoms with Gasteiger partial charge in [0, 0.05) is 11.1 Å². The average molecular weight is 372 g/mol. The smallest absolute Gasteiger partial charge is 0.331 e. The molecular weight excluding hydrogens is 350 g/mol. The first-order chi connectivity index (χ1) is 12.3. The van der Waals surface area contributed by atoms with Gasteiger partial charge in [-0.2, -0.15) is 0 Å². The lowest BCUT2D eigenvalue weighted by Crippen LogP contribution is -2.31. The van der Waals surface area contributed by atoms with Gasteiger partial charge in [-0.3, -0.25) is 4.79 Å². The van der Waals surface area contributed by atoms with Crippen molar-refractivity contribution in [2.24, 2.45) is 0 Å². The zero-order valence-electron chi connectivity index (χ0n) is 15.1. The van der Waals surface area contributed by atoms with Gasteiger partial charge in [0.1, 0.15) is 0 Å². The van der Waals surface area contributed by atoms with Crippen molar-refractivity contribution in [2.45, 2.75) is 26.8 Å². The number of halogens is 1. The number of rotatable bonds is 6. The van der Waals surface area contributed by atoms with Crippen LogP contribution < -0.4 is 5.32 Å². The molecule has 0 saturated heterocycles. The highest BCUT2D eigenvalue weighted by Gasteiger charge is 2.11. The molecule has 2 aromatic carbocycles. The molecule has 0 aliphatic rings. The van der Waals surface area contributed by atoms with Crippen molar-refractivity contribution < 1.29 is 14.3 Å². The second kappa shape index (κ2) is 9.20. The van der Waals surface area contributed by atoms with E-state index in [1.807, 2.05) is 45.0 Å². The fraction of sp³-hybridized carbons (Fsp3) is 0.238. The van der Waals surface area contributed by atoms with Crippen LogP contribution in [0.2, 0.25) is 5.02 Å². The SMILES string of the molecule is Cc1ccc([C@H](C)NC(=O)COC(=O)/C=C/c2cccc(Cl)c2)cc1C. The standard InChI is InChI=1S/C21H22ClNO3/c1-14-7-9-18(11-15(14)2)16(3)23-20(24)13-26-21(25)10-8-17-5-4-6-19(22)12-17/h4-12,16H,13H2,1-3H3,(H,23,24)/b10-8+/t16-/m0/s1. The van der Waals surface area contributed by atoms with Gasteiger partial charge in [-0.1, -0.05) is 41.9 Å². The third-order valence-corrected chi connectivity index (χ3v) is 4.25. The van der Waals surface area contributed by atoms with Crippen LogP contribution in [0.25, 0.3) is 6.08 Å². The van der Waals surface area contributed by atoms with Crippen LogP contribution in [-0.2, 0) is 14.3 Å². The summed E-state index contributed by atoms with van der Waals surface area (Å²) in [5, 5.41) is 3.41. The van der Waals surface area contributed by atoms with E-state index in [-0.39, 0.29) is 18.6 Å². The Morgan fingerprint density at radius 2 is 1.92 bits per heavy atom. The molecule has 0 spiro atoms. The number of benzene rings is 2. The molecule has 2 aromatic rings. The number of ether oxygens (including phenoxy) is 1. The highest BCUT2D eigenvalue weighted by Crippen LogP contribution is 2.16. The summed E-state index contributed by atoms with van der Waals surface area (Å²) in [4.78, 5) is 23.7. The Morgan fingerprint density at radius 3 is 2.62 bits per heavy atom. The lowest BCUT2D eigenvalue weighted by atomic mass is 10.0. The quantitative estimate of drug-likeness (QED) is 0.605. The van der Waals surface area contributed by atoms with Gasteiger partial charge in [0.05, 0.1) is 6.04 Å². The van der Waals surface area contributed by atoms with Gasteiger partial charge in [0.2, 0.25) is 0 Å². The molecule has 1 N–H and O–H groups in total. The summed E-state index contributed by atoms with van der Waals surface area (Å²) in [6, 6.07) is 13.0. The number of amides is 1. The second-order valence-electron chi connectivity index (χ2n) is 6.13. The van der Waals surface area contributed by atoms with Crippen molar-refractivity contribution in [1.29, 1.82) is 0 Å². The first kappa shape index (κ1) is 19.7. The van der Waals surface area contributed by atoms with Gasteiger partial charge in [0.25, 0.3) is 5.91 Å². The summed E-state index contributed by atoms with van der Waals surface area (Å²) in [6.45, 7) is 5.64.